The molecule has 1 aromatic carbocycles. The number of aryl methyl sites for hydroxylation is 1. The van der Waals surface area contributed by atoms with E-state index in [9.17, 15) is 18.5 Å². The predicted octanol–water partition coefficient (Wildman–Crippen LogP) is 4.15. The van der Waals surface area contributed by atoms with Crippen molar-refractivity contribution in [3.05, 3.63) is 65.1 Å². The minimum absolute atomic E-state index is 0.0255. The van der Waals surface area contributed by atoms with Crippen molar-refractivity contribution in [2.45, 2.75) is 82.3 Å². The molecule has 5 rings (SSSR count). The van der Waals surface area contributed by atoms with E-state index in [2.05, 4.69) is 42.4 Å². The summed E-state index contributed by atoms with van der Waals surface area (Å²) in [5, 5.41) is 16.1. The first-order chi connectivity index (χ1) is 22.0. The number of nitriles is 1. The van der Waals surface area contributed by atoms with Gasteiger partial charge in [0.25, 0.3) is 0 Å². The molecule has 1 atom stereocenters. The highest BCUT2D eigenvalue weighted by molar-refractivity contribution is 7.89. The third-order valence-corrected chi connectivity index (χ3v) is 9.69. The summed E-state index contributed by atoms with van der Waals surface area (Å²) >= 11 is 0. The number of anilines is 3. The smallest absolute Gasteiger partial charge is 0.326 e. The topological polar surface area (TPSA) is 162 Å². The van der Waals surface area contributed by atoms with Gasteiger partial charge in [-0.3, -0.25) is 4.79 Å². The quantitative estimate of drug-likeness (QED) is 0.271. The lowest BCUT2D eigenvalue weighted by molar-refractivity contribution is -0.156. The Kier molecular flexibility index (Phi) is 10.1. The summed E-state index contributed by atoms with van der Waals surface area (Å²) in [5.41, 5.74) is 2.41. The molecule has 3 N–H and O–H groups in total. The second-order valence-electron chi connectivity index (χ2n) is 12.6. The van der Waals surface area contributed by atoms with Gasteiger partial charge in [0.05, 0.1) is 10.5 Å². The largest absolute Gasteiger partial charge is 0.459 e. The molecule has 12 nitrogen and oxygen atoms in total. The van der Waals surface area contributed by atoms with E-state index in [0.717, 1.165) is 68.2 Å². The van der Waals surface area contributed by atoms with Crippen LogP contribution in [0.15, 0.2) is 47.6 Å². The van der Waals surface area contributed by atoms with E-state index in [1.807, 2.05) is 13.0 Å². The number of carbonyl (C=O) groups excluding carboxylic acids is 1. The molecule has 0 saturated carbocycles. The molecule has 0 unspecified atom stereocenters. The van der Waals surface area contributed by atoms with E-state index in [-0.39, 0.29) is 17.0 Å². The maximum Gasteiger partial charge on any atom is 0.326 e. The fourth-order valence-corrected chi connectivity index (χ4v) is 7.24. The number of nitrogens with zero attached hydrogens (tertiary/aromatic N) is 5. The molecule has 13 heteroatoms. The number of hydrogen-bond acceptors (Lipinski definition) is 11. The Hall–Kier alpha value is -4.28. The van der Waals surface area contributed by atoms with Crippen molar-refractivity contribution in [1.29, 1.82) is 5.26 Å². The van der Waals surface area contributed by atoms with Gasteiger partial charge < -0.3 is 20.3 Å². The second-order valence-corrected chi connectivity index (χ2v) is 14.3. The Bertz CT molecular complexity index is 1710. The summed E-state index contributed by atoms with van der Waals surface area (Å²) < 4.78 is 34.7. The maximum atomic E-state index is 13.3. The van der Waals surface area contributed by atoms with Gasteiger partial charge in [0.1, 0.15) is 41.5 Å². The minimum atomic E-state index is -4.25. The number of sulfonamides is 1. The SMILES string of the molecule is CCc1c(NC[C@H](NS(=O)(=O)c2ccccc2C#N)C(=O)OC(C)(C)C)ncnc1N1CCC(c2ccc3c(n2)NCCC3)CC1. The Morgan fingerprint density at radius 2 is 1.93 bits per heavy atom. The Labute approximate surface area is 271 Å². The first-order valence-electron chi connectivity index (χ1n) is 15.8. The monoisotopic (exact) mass is 646 g/mol. The highest BCUT2D eigenvalue weighted by atomic mass is 32.2. The fraction of sp³-hybridized carbons (Fsp3) is 0.485. The van der Waals surface area contributed by atoms with Crippen LogP contribution in [0, 0.1) is 11.3 Å². The van der Waals surface area contributed by atoms with Crippen LogP contribution in [-0.2, 0) is 32.4 Å². The Morgan fingerprint density at radius 3 is 2.65 bits per heavy atom. The van der Waals surface area contributed by atoms with Crippen LogP contribution in [0.4, 0.5) is 17.5 Å². The van der Waals surface area contributed by atoms with Crippen molar-refractivity contribution in [1.82, 2.24) is 19.7 Å². The van der Waals surface area contributed by atoms with Crippen LogP contribution in [0.3, 0.4) is 0 Å². The number of fused-ring (bicyclic) bond motifs is 1. The standard InChI is InChI=1S/C33H42N8O4S/c1-5-25-30(36-20-27(32(42)45-33(2,3)4)40-46(43,44)28-11-7-6-9-24(28)19-34)37-21-38-31(25)41-17-14-22(15-18-41)26-13-12-23-10-8-16-35-29(23)39-26/h6-7,9,11-13,21-22,27,40H,5,8,10,14-18,20H2,1-4H3,(H,35,39)(H,36,37,38)/t27-/m0/s1. The summed E-state index contributed by atoms with van der Waals surface area (Å²) in [4.78, 5) is 29.3. The highest BCUT2D eigenvalue weighted by Gasteiger charge is 2.32. The number of benzene rings is 1. The maximum absolute atomic E-state index is 13.3. The summed E-state index contributed by atoms with van der Waals surface area (Å²) in [6, 6.07) is 10.8. The first-order valence-corrected chi connectivity index (χ1v) is 17.3. The average molecular weight is 647 g/mol. The van der Waals surface area contributed by atoms with Crippen molar-refractivity contribution < 1.29 is 17.9 Å². The van der Waals surface area contributed by atoms with Gasteiger partial charge >= 0.3 is 5.97 Å². The van der Waals surface area contributed by atoms with Gasteiger partial charge in [-0.1, -0.05) is 25.1 Å². The van der Waals surface area contributed by atoms with Crippen LogP contribution in [-0.4, -0.2) is 67.2 Å². The lowest BCUT2D eigenvalue weighted by Crippen LogP contribution is -2.48. The molecule has 4 heterocycles. The number of hydrogen-bond donors (Lipinski definition) is 3. The molecule has 46 heavy (non-hydrogen) atoms. The van der Waals surface area contributed by atoms with Gasteiger partial charge in [-0.15, -0.1) is 0 Å². The fourth-order valence-electron chi connectivity index (χ4n) is 5.90. The molecule has 2 aliphatic rings. The molecule has 2 aliphatic heterocycles. The van der Waals surface area contributed by atoms with E-state index >= 15 is 0 Å². The van der Waals surface area contributed by atoms with Gasteiger partial charge in [0.15, 0.2) is 0 Å². The number of piperidine rings is 1. The van der Waals surface area contributed by atoms with Crippen LogP contribution >= 0.6 is 0 Å². The van der Waals surface area contributed by atoms with E-state index in [1.54, 1.807) is 26.8 Å². The summed E-state index contributed by atoms with van der Waals surface area (Å²) in [6.45, 7) is 9.58. The van der Waals surface area contributed by atoms with Crippen molar-refractivity contribution >= 4 is 33.4 Å². The van der Waals surface area contributed by atoms with E-state index in [0.29, 0.717) is 18.2 Å². The number of rotatable bonds is 10. The molecule has 0 amide bonds. The number of nitrogens with one attached hydrogen (secondary N) is 3. The molecule has 0 aliphatic carbocycles. The average Bonchev–Trinajstić information content (AvgIpc) is 3.05. The van der Waals surface area contributed by atoms with Gasteiger partial charge in [-0.25, -0.2) is 23.4 Å². The lowest BCUT2D eigenvalue weighted by Gasteiger charge is -2.34. The third kappa shape index (κ3) is 7.74. The van der Waals surface area contributed by atoms with Crippen molar-refractivity contribution in [3.63, 3.8) is 0 Å². The number of esters is 1. The molecular formula is C33H42N8O4S. The van der Waals surface area contributed by atoms with E-state index < -0.39 is 27.6 Å². The van der Waals surface area contributed by atoms with Gasteiger partial charge in [0, 0.05) is 43.4 Å². The summed E-state index contributed by atoms with van der Waals surface area (Å²) in [5.74, 6) is 1.97. The van der Waals surface area contributed by atoms with E-state index in [4.69, 9.17) is 9.72 Å². The Balaban J connectivity index is 1.31. The van der Waals surface area contributed by atoms with E-state index in [1.165, 1.54) is 30.1 Å². The third-order valence-electron chi connectivity index (χ3n) is 8.16. The van der Waals surface area contributed by atoms with Crippen molar-refractivity contribution in [3.8, 4) is 6.07 Å². The molecule has 0 bridgehead atoms. The van der Waals surface area contributed by atoms with Crippen LogP contribution in [0.1, 0.15) is 75.3 Å². The zero-order valence-corrected chi connectivity index (χ0v) is 27.7. The number of ether oxygens (including phenoxy) is 1. The highest BCUT2D eigenvalue weighted by Crippen LogP contribution is 2.33. The number of pyridine rings is 1. The zero-order valence-electron chi connectivity index (χ0n) is 26.8. The minimum Gasteiger partial charge on any atom is -0.459 e. The normalized spacial score (nSPS) is 16.1. The molecule has 0 radical (unpaired) electrons. The van der Waals surface area contributed by atoms with Crippen LogP contribution in [0.5, 0.6) is 0 Å². The van der Waals surface area contributed by atoms with Crippen molar-refractivity contribution in [2.75, 3.05) is 41.7 Å². The molecule has 1 fully saturated rings. The van der Waals surface area contributed by atoms with Crippen molar-refractivity contribution in [2.24, 2.45) is 0 Å². The number of aromatic nitrogens is 3. The van der Waals surface area contributed by atoms with Gasteiger partial charge in [-0.2, -0.15) is 9.98 Å². The second kappa shape index (κ2) is 14.0. The Morgan fingerprint density at radius 1 is 1.17 bits per heavy atom. The summed E-state index contributed by atoms with van der Waals surface area (Å²) in [6.07, 6.45) is 6.18. The lowest BCUT2D eigenvalue weighted by atomic mass is 9.92. The molecule has 1 saturated heterocycles. The molecular weight excluding hydrogens is 604 g/mol. The molecule has 244 valence electrons. The molecule has 3 aromatic rings. The summed E-state index contributed by atoms with van der Waals surface area (Å²) in [7, 11) is -4.25. The van der Waals surface area contributed by atoms with Crippen LogP contribution < -0.4 is 20.3 Å². The van der Waals surface area contributed by atoms with Crippen LogP contribution in [0.25, 0.3) is 0 Å². The van der Waals surface area contributed by atoms with Gasteiger partial charge in [-0.05, 0) is 76.6 Å². The first kappa shape index (κ1) is 33.1. The predicted molar refractivity (Wildman–Crippen MR) is 176 cm³/mol. The molecule has 2 aromatic heterocycles. The number of carbonyl (C=O) groups is 1. The zero-order chi connectivity index (χ0) is 32.9. The van der Waals surface area contributed by atoms with Crippen LogP contribution in [0.2, 0.25) is 0 Å². The van der Waals surface area contributed by atoms with Gasteiger partial charge in [0.2, 0.25) is 10.0 Å². The molecule has 0 spiro atoms.